The average molecular weight is 304 g/mol. The number of rotatable bonds is 4. The van der Waals surface area contributed by atoms with Gasteiger partial charge in [-0.05, 0) is 29.7 Å². The second kappa shape index (κ2) is 6.75. The standard InChI is InChI=1S/C19H16N2O2/c1-23-18-12-11-15(16-9-5-6-10-17(16)18)13-20-21-19(22)14-7-3-2-4-8-14/h2-13H,1H3,(H,21,22)/b20-13-. The van der Waals surface area contributed by atoms with Crippen LogP contribution in [0.2, 0.25) is 0 Å². The van der Waals surface area contributed by atoms with Crippen molar-refractivity contribution < 1.29 is 9.53 Å². The minimum atomic E-state index is -0.236. The second-order valence-corrected chi connectivity index (χ2v) is 4.97. The predicted octanol–water partition coefficient (Wildman–Crippen LogP) is 3.61. The number of carbonyl (C=O) groups excluding carboxylic acids is 1. The van der Waals surface area contributed by atoms with E-state index in [4.69, 9.17) is 4.74 Å². The van der Waals surface area contributed by atoms with Crippen LogP contribution in [0.15, 0.2) is 71.8 Å². The van der Waals surface area contributed by atoms with Crippen LogP contribution in [0.1, 0.15) is 15.9 Å². The fraction of sp³-hybridized carbons (Fsp3) is 0.0526. The Morgan fingerprint density at radius 3 is 2.39 bits per heavy atom. The first kappa shape index (κ1) is 14.8. The Kier molecular flexibility index (Phi) is 4.34. The average Bonchev–Trinajstić information content (AvgIpc) is 2.62. The Bertz CT molecular complexity index is 858. The van der Waals surface area contributed by atoms with Crippen LogP contribution in [-0.2, 0) is 0 Å². The highest BCUT2D eigenvalue weighted by Gasteiger charge is 2.05. The van der Waals surface area contributed by atoms with Gasteiger partial charge in [0.15, 0.2) is 0 Å². The van der Waals surface area contributed by atoms with Crippen LogP contribution in [0, 0.1) is 0 Å². The number of hydrogen-bond acceptors (Lipinski definition) is 3. The first-order valence-electron chi connectivity index (χ1n) is 7.24. The van der Waals surface area contributed by atoms with Crippen molar-refractivity contribution in [3.05, 3.63) is 77.9 Å². The van der Waals surface area contributed by atoms with E-state index in [1.54, 1.807) is 25.5 Å². The molecular formula is C19H16N2O2. The summed E-state index contributed by atoms with van der Waals surface area (Å²) in [5.74, 6) is 0.575. The molecule has 0 aliphatic rings. The lowest BCUT2D eigenvalue weighted by Crippen LogP contribution is -2.17. The highest BCUT2D eigenvalue weighted by Crippen LogP contribution is 2.27. The van der Waals surface area contributed by atoms with Crippen molar-refractivity contribution >= 4 is 22.9 Å². The lowest BCUT2D eigenvalue weighted by molar-refractivity contribution is 0.0955. The SMILES string of the molecule is COc1ccc(/C=N\NC(=O)c2ccccc2)c2ccccc12. The van der Waals surface area contributed by atoms with Gasteiger partial charge in [0, 0.05) is 16.5 Å². The molecule has 0 saturated carbocycles. The number of nitrogens with zero attached hydrogens (tertiary/aromatic N) is 1. The van der Waals surface area contributed by atoms with E-state index in [2.05, 4.69) is 10.5 Å². The minimum Gasteiger partial charge on any atom is -0.496 e. The maximum Gasteiger partial charge on any atom is 0.271 e. The topological polar surface area (TPSA) is 50.7 Å². The van der Waals surface area contributed by atoms with Gasteiger partial charge in [0.2, 0.25) is 0 Å². The highest BCUT2D eigenvalue weighted by atomic mass is 16.5. The molecule has 4 nitrogen and oxygen atoms in total. The van der Waals surface area contributed by atoms with E-state index < -0.39 is 0 Å². The first-order valence-corrected chi connectivity index (χ1v) is 7.24. The van der Waals surface area contributed by atoms with Crippen LogP contribution in [-0.4, -0.2) is 19.2 Å². The maximum atomic E-state index is 12.0. The Balaban J connectivity index is 1.83. The molecule has 1 N–H and O–H groups in total. The summed E-state index contributed by atoms with van der Waals surface area (Å²) in [6, 6.07) is 20.7. The van der Waals surface area contributed by atoms with Gasteiger partial charge < -0.3 is 4.74 Å². The summed E-state index contributed by atoms with van der Waals surface area (Å²) in [4.78, 5) is 12.0. The monoisotopic (exact) mass is 304 g/mol. The van der Waals surface area contributed by atoms with E-state index >= 15 is 0 Å². The molecule has 0 saturated heterocycles. The zero-order chi connectivity index (χ0) is 16.1. The number of hydrogen-bond donors (Lipinski definition) is 1. The molecule has 0 radical (unpaired) electrons. The summed E-state index contributed by atoms with van der Waals surface area (Å²) >= 11 is 0. The smallest absolute Gasteiger partial charge is 0.271 e. The van der Waals surface area contributed by atoms with E-state index in [1.807, 2.05) is 54.6 Å². The minimum absolute atomic E-state index is 0.236. The lowest BCUT2D eigenvalue weighted by Gasteiger charge is -2.07. The predicted molar refractivity (Wildman–Crippen MR) is 92.0 cm³/mol. The molecule has 23 heavy (non-hydrogen) atoms. The molecule has 0 aromatic heterocycles. The summed E-state index contributed by atoms with van der Waals surface area (Å²) < 4.78 is 5.37. The molecule has 0 fully saturated rings. The van der Waals surface area contributed by atoms with Crippen LogP contribution in [0.3, 0.4) is 0 Å². The Morgan fingerprint density at radius 2 is 1.65 bits per heavy atom. The summed E-state index contributed by atoms with van der Waals surface area (Å²) in [5.41, 5.74) is 4.03. The van der Waals surface area contributed by atoms with Crippen LogP contribution in [0.4, 0.5) is 0 Å². The fourth-order valence-electron chi connectivity index (χ4n) is 2.40. The van der Waals surface area contributed by atoms with Crippen LogP contribution in [0.25, 0.3) is 10.8 Å². The number of methoxy groups -OCH3 is 1. The number of nitrogens with one attached hydrogen (secondary N) is 1. The van der Waals surface area contributed by atoms with Gasteiger partial charge in [-0.3, -0.25) is 4.79 Å². The number of hydrazone groups is 1. The molecule has 0 bridgehead atoms. The maximum absolute atomic E-state index is 12.0. The zero-order valence-electron chi connectivity index (χ0n) is 12.7. The second-order valence-electron chi connectivity index (χ2n) is 4.97. The number of fused-ring (bicyclic) bond motifs is 1. The first-order chi connectivity index (χ1) is 11.3. The van der Waals surface area contributed by atoms with Crippen molar-refractivity contribution in [2.75, 3.05) is 7.11 Å². The van der Waals surface area contributed by atoms with Gasteiger partial charge >= 0.3 is 0 Å². The molecule has 0 unspecified atom stereocenters. The van der Waals surface area contributed by atoms with E-state index in [-0.39, 0.29) is 5.91 Å². The molecule has 3 aromatic carbocycles. The molecular weight excluding hydrogens is 288 g/mol. The number of carbonyl (C=O) groups is 1. The molecule has 3 rings (SSSR count). The van der Waals surface area contributed by atoms with Gasteiger partial charge in [-0.2, -0.15) is 5.10 Å². The fourth-order valence-corrected chi connectivity index (χ4v) is 2.40. The third-order valence-electron chi connectivity index (χ3n) is 3.54. The van der Waals surface area contributed by atoms with Crippen molar-refractivity contribution in [2.45, 2.75) is 0 Å². The molecule has 1 amide bonds. The Hall–Kier alpha value is -3.14. The van der Waals surface area contributed by atoms with Crippen molar-refractivity contribution in [3.63, 3.8) is 0 Å². The van der Waals surface area contributed by atoms with Crippen molar-refractivity contribution in [1.29, 1.82) is 0 Å². The Morgan fingerprint density at radius 1 is 0.957 bits per heavy atom. The largest absolute Gasteiger partial charge is 0.496 e. The quantitative estimate of drug-likeness (QED) is 0.591. The van der Waals surface area contributed by atoms with Crippen molar-refractivity contribution in [1.82, 2.24) is 5.43 Å². The van der Waals surface area contributed by atoms with Crippen molar-refractivity contribution in [3.8, 4) is 5.75 Å². The number of amides is 1. The van der Waals surface area contributed by atoms with E-state index in [1.165, 1.54) is 0 Å². The molecule has 0 aliphatic heterocycles. The molecule has 0 atom stereocenters. The van der Waals surface area contributed by atoms with E-state index in [0.717, 1.165) is 22.1 Å². The third kappa shape index (κ3) is 3.21. The van der Waals surface area contributed by atoms with Crippen LogP contribution in [0.5, 0.6) is 5.75 Å². The van der Waals surface area contributed by atoms with Gasteiger partial charge in [0.05, 0.1) is 13.3 Å². The van der Waals surface area contributed by atoms with Gasteiger partial charge in [-0.25, -0.2) is 5.43 Å². The van der Waals surface area contributed by atoms with Crippen molar-refractivity contribution in [2.24, 2.45) is 5.10 Å². The molecule has 114 valence electrons. The summed E-state index contributed by atoms with van der Waals surface area (Å²) in [5, 5.41) is 6.08. The molecule has 0 aliphatic carbocycles. The third-order valence-corrected chi connectivity index (χ3v) is 3.54. The van der Waals surface area contributed by atoms with Crippen LogP contribution < -0.4 is 10.2 Å². The van der Waals surface area contributed by atoms with E-state index in [9.17, 15) is 4.79 Å². The number of benzene rings is 3. The lowest BCUT2D eigenvalue weighted by atomic mass is 10.0. The summed E-state index contributed by atoms with van der Waals surface area (Å²) in [6.45, 7) is 0. The van der Waals surface area contributed by atoms with Gasteiger partial charge in [0.25, 0.3) is 5.91 Å². The van der Waals surface area contributed by atoms with Gasteiger partial charge in [0.1, 0.15) is 5.75 Å². The normalized spacial score (nSPS) is 10.8. The zero-order valence-corrected chi connectivity index (χ0v) is 12.7. The number of ether oxygens (including phenoxy) is 1. The molecule has 4 heteroatoms. The molecule has 0 spiro atoms. The molecule has 3 aromatic rings. The van der Waals surface area contributed by atoms with Gasteiger partial charge in [-0.1, -0.05) is 42.5 Å². The summed E-state index contributed by atoms with van der Waals surface area (Å²) in [7, 11) is 1.65. The van der Waals surface area contributed by atoms with Gasteiger partial charge in [-0.15, -0.1) is 0 Å². The molecule has 0 heterocycles. The highest BCUT2D eigenvalue weighted by molar-refractivity contribution is 6.03. The Labute approximate surface area is 134 Å². The van der Waals surface area contributed by atoms with Crippen LogP contribution >= 0.6 is 0 Å². The summed E-state index contributed by atoms with van der Waals surface area (Å²) in [6.07, 6.45) is 1.64. The van der Waals surface area contributed by atoms with E-state index in [0.29, 0.717) is 5.56 Å².